The smallest absolute Gasteiger partial charge is 0.269 e. The van der Waals surface area contributed by atoms with Crippen LogP contribution in [0.4, 0.5) is 22.7 Å². The number of ketones is 2. The number of carbonyl (C=O) groups excluding carboxylic acids is 5. The molecule has 0 saturated carbocycles. The summed E-state index contributed by atoms with van der Waals surface area (Å²) in [5.41, 5.74) is 1.90. The molecule has 4 aromatic carbocycles. The third kappa shape index (κ3) is 7.16. The highest BCUT2D eigenvalue weighted by Gasteiger charge is 2.17. The molecule has 0 spiro atoms. The van der Waals surface area contributed by atoms with Gasteiger partial charge in [-0.1, -0.05) is 12.1 Å². The normalized spacial score (nSPS) is 10.3. The summed E-state index contributed by atoms with van der Waals surface area (Å²) in [6, 6.07) is 21.6. The minimum Gasteiger partial charge on any atom is -0.322 e. The fraction of sp³-hybridized carbons (Fsp3) is 0.0645. The summed E-state index contributed by atoms with van der Waals surface area (Å²) in [7, 11) is 0. The van der Waals surface area contributed by atoms with E-state index >= 15 is 0 Å². The van der Waals surface area contributed by atoms with Crippen molar-refractivity contribution in [3.63, 3.8) is 0 Å². The molecule has 0 aliphatic heterocycles. The van der Waals surface area contributed by atoms with Crippen LogP contribution in [0.15, 0.2) is 91.0 Å². The Kier molecular flexibility index (Phi) is 8.62. The van der Waals surface area contributed by atoms with Crippen LogP contribution in [0.5, 0.6) is 0 Å². The molecule has 0 aliphatic carbocycles. The third-order valence-corrected chi connectivity index (χ3v) is 6.15. The molecule has 4 rings (SSSR count). The summed E-state index contributed by atoms with van der Waals surface area (Å²) in [5.74, 6) is -2.04. The van der Waals surface area contributed by atoms with Gasteiger partial charge in [-0.25, -0.2) is 0 Å². The van der Waals surface area contributed by atoms with Gasteiger partial charge in [0, 0.05) is 57.0 Å². The van der Waals surface area contributed by atoms with E-state index in [1.165, 1.54) is 80.6 Å². The van der Waals surface area contributed by atoms with Crippen molar-refractivity contribution in [2.75, 3.05) is 16.0 Å². The summed E-state index contributed by atoms with van der Waals surface area (Å²) in [6.07, 6.45) is 0. The number of hydrogen-bond donors (Lipinski definition) is 3. The van der Waals surface area contributed by atoms with Crippen LogP contribution in [-0.4, -0.2) is 34.2 Å². The first-order valence-corrected chi connectivity index (χ1v) is 12.6. The summed E-state index contributed by atoms with van der Waals surface area (Å²) < 4.78 is 0. The van der Waals surface area contributed by atoms with Gasteiger partial charge in [0.05, 0.1) is 4.92 Å². The lowest BCUT2D eigenvalue weighted by atomic mass is 10.1. The van der Waals surface area contributed by atoms with Gasteiger partial charge in [0.25, 0.3) is 23.4 Å². The van der Waals surface area contributed by atoms with Crippen LogP contribution in [0, 0.1) is 10.1 Å². The fourth-order valence-corrected chi connectivity index (χ4v) is 3.88. The quantitative estimate of drug-likeness (QED) is 0.132. The van der Waals surface area contributed by atoms with E-state index < -0.39 is 22.6 Å². The van der Waals surface area contributed by atoms with Gasteiger partial charge in [0.15, 0.2) is 11.6 Å². The molecule has 42 heavy (non-hydrogen) atoms. The Hall–Kier alpha value is -5.97. The van der Waals surface area contributed by atoms with Gasteiger partial charge in [-0.3, -0.25) is 34.1 Å². The third-order valence-electron chi connectivity index (χ3n) is 6.15. The van der Waals surface area contributed by atoms with Crippen LogP contribution >= 0.6 is 0 Å². The molecular weight excluding hydrogens is 540 g/mol. The highest BCUT2D eigenvalue weighted by molar-refractivity contribution is 6.11. The SMILES string of the molecule is CC(=O)c1ccc(NC(=O)c2cc(NC(=O)c3ccc(C(C)=O)cc3)cc(C(=O)Nc3ccc([N+](=O)[O-])cc3)c2)cc1. The van der Waals surface area contributed by atoms with E-state index in [2.05, 4.69) is 16.0 Å². The topological polar surface area (TPSA) is 165 Å². The second-order valence-corrected chi connectivity index (χ2v) is 9.23. The van der Waals surface area contributed by atoms with Gasteiger partial charge in [-0.05, 0) is 80.6 Å². The first-order chi connectivity index (χ1) is 20.0. The van der Waals surface area contributed by atoms with E-state index in [4.69, 9.17) is 0 Å². The predicted molar refractivity (Wildman–Crippen MR) is 156 cm³/mol. The van der Waals surface area contributed by atoms with E-state index in [0.717, 1.165) is 0 Å². The molecule has 0 saturated heterocycles. The zero-order chi connectivity index (χ0) is 30.4. The van der Waals surface area contributed by atoms with E-state index in [1.807, 2.05) is 0 Å². The minimum atomic E-state index is -0.634. The van der Waals surface area contributed by atoms with Crippen LogP contribution < -0.4 is 16.0 Å². The molecule has 0 fully saturated rings. The van der Waals surface area contributed by atoms with Crippen molar-refractivity contribution >= 4 is 52.0 Å². The molecule has 0 heterocycles. The van der Waals surface area contributed by atoms with E-state index in [-0.39, 0.29) is 45.3 Å². The summed E-state index contributed by atoms with van der Waals surface area (Å²) in [5, 5.41) is 18.9. The number of nitrogens with one attached hydrogen (secondary N) is 3. The Morgan fingerprint density at radius 1 is 0.500 bits per heavy atom. The number of Topliss-reactive ketones (excluding diaryl/α,β-unsaturated/α-hetero) is 2. The van der Waals surface area contributed by atoms with Crippen molar-refractivity contribution in [2.45, 2.75) is 13.8 Å². The molecule has 0 atom stereocenters. The molecule has 11 heteroatoms. The first kappa shape index (κ1) is 29.0. The lowest BCUT2D eigenvalue weighted by molar-refractivity contribution is -0.384. The largest absolute Gasteiger partial charge is 0.322 e. The van der Waals surface area contributed by atoms with Crippen LogP contribution in [0.3, 0.4) is 0 Å². The van der Waals surface area contributed by atoms with Crippen molar-refractivity contribution in [1.82, 2.24) is 0 Å². The number of rotatable bonds is 9. The van der Waals surface area contributed by atoms with E-state index in [9.17, 15) is 34.1 Å². The summed E-state index contributed by atoms with van der Waals surface area (Å²) in [4.78, 5) is 72.7. The number of benzene rings is 4. The van der Waals surface area contributed by atoms with Gasteiger partial charge in [-0.2, -0.15) is 0 Å². The highest BCUT2D eigenvalue weighted by atomic mass is 16.6. The summed E-state index contributed by atoms with van der Waals surface area (Å²) >= 11 is 0. The van der Waals surface area contributed by atoms with Gasteiger partial charge in [0.1, 0.15) is 0 Å². The zero-order valence-electron chi connectivity index (χ0n) is 22.5. The molecule has 3 N–H and O–H groups in total. The molecular formula is C31H24N4O7. The first-order valence-electron chi connectivity index (χ1n) is 12.6. The number of anilines is 3. The molecule has 11 nitrogen and oxygen atoms in total. The Balaban J connectivity index is 1.62. The monoisotopic (exact) mass is 564 g/mol. The maximum Gasteiger partial charge on any atom is 0.269 e. The molecule has 210 valence electrons. The van der Waals surface area contributed by atoms with E-state index in [1.54, 1.807) is 24.3 Å². The number of non-ortho nitro benzene ring substituents is 1. The standard InChI is InChI=1S/C31H24N4O7/c1-18(36)20-3-5-22(6-4-20)29(38)34-27-16-23(30(39)32-25-9-7-21(8-10-25)19(2)37)15-24(17-27)31(40)33-26-11-13-28(14-12-26)35(41)42/h3-17H,1-2H3,(H,32,39)(H,33,40)(H,34,38). The van der Waals surface area contributed by atoms with Crippen LogP contribution in [-0.2, 0) is 0 Å². The van der Waals surface area contributed by atoms with Gasteiger partial charge >= 0.3 is 0 Å². The van der Waals surface area contributed by atoms with Crippen molar-refractivity contribution in [3.05, 3.63) is 129 Å². The van der Waals surface area contributed by atoms with Gasteiger partial charge < -0.3 is 16.0 Å². The van der Waals surface area contributed by atoms with E-state index in [0.29, 0.717) is 16.8 Å². The van der Waals surface area contributed by atoms with Crippen LogP contribution in [0.2, 0.25) is 0 Å². The number of nitrogens with zero attached hydrogens (tertiary/aromatic N) is 1. The van der Waals surface area contributed by atoms with Crippen molar-refractivity contribution in [3.8, 4) is 0 Å². The average molecular weight is 565 g/mol. The molecule has 0 aliphatic rings. The second-order valence-electron chi connectivity index (χ2n) is 9.23. The fourth-order valence-electron chi connectivity index (χ4n) is 3.88. The lowest BCUT2D eigenvalue weighted by Gasteiger charge is -2.12. The zero-order valence-corrected chi connectivity index (χ0v) is 22.5. The Morgan fingerprint density at radius 2 is 0.857 bits per heavy atom. The molecule has 4 aromatic rings. The maximum atomic E-state index is 13.2. The average Bonchev–Trinajstić information content (AvgIpc) is 2.97. The number of hydrogen-bond acceptors (Lipinski definition) is 7. The van der Waals surface area contributed by atoms with Crippen molar-refractivity contribution in [1.29, 1.82) is 0 Å². The lowest BCUT2D eigenvalue weighted by Crippen LogP contribution is -2.18. The second kappa shape index (κ2) is 12.5. The Bertz CT molecular complexity index is 1620. The van der Waals surface area contributed by atoms with Crippen molar-refractivity contribution < 1.29 is 28.9 Å². The van der Waals surface area contributed by atoms with Gasteiger partial charge in [0.2, 0.25) is 0 Å². The number of nitro groups is 1. The van der Waals surface area contributed by atoms with Crippen LogP contribution in [0.1, 0.15) is 65.6 Å². The molecule has 3 amide bonds. The Morgan fingerprint density at radius 3 is 1.29 bits per heavy atom. The van der Waals surface area contributed by atoms with Crippen LogP contribution in [0.25, 0.3) is 0 Å². The number of amides is 3. The van der Waals surface area contributed by atoms with Crippen molar-refractivity contribution in [2.24, 2.45) is 0 Å². The summed E-state index contributed by atoms with van der Waals surface area (Å²) in [6.45, 7) is 2.83. The number of carbonyl (C=O) groups is 5. The highest BCUT2D eigenvalue weighted by Crippen LogP contribution is 2.21. The molecule has 0 aromatic heterocycles. The number of nitro benzene ring substituents is 1. The van der Waals surface area contributed by atoms with Gasteiger partial charge in [-0.15, -0.1) is 0 Å². The molecule has 0 bridgehead atoms. The molecule has 0 radical (unpaired) electrons. The minimum absolute atomic E-state index is 0.0233. The molecule has 0 unspecified atom stereocenters. The predicted octanol–water partition coefficient (Wildman–Crippen LogP) is 5.76. The Labute approximate surface area is 239 Å². The maximum absolute atomic E-state index is 13.2.